The molecule has 1 aliphatic heterocycles. The molecule has 1 aliphatic rings. The molecule has 0 bridgehead atoms. The van der Waals surface area contributed by atoms with Gasteiger partial charge in [0.15, 0.2) is 6.10 Å². The highest BCUT2D eigenvalue weighted by Gasteiger charge is 2.30. The number of amides is 1. The first kappa shape index (κ1) is 15.5. The fourth-order valence-corrected chi connectivity index (χ4v) is 2.81. The molecule has 1 aromatic carbocycles. The second-order valence-corrected chi connectivity index (χ2v) is 7.29. The minimum Gasteiger partial charge on any atom is -0.448 e. The van der Waals surface area contributed by atoms with E-state index in [-0.39, 0.29) is 12.3 Å². The van der Waals surface area contributed by atoms with Gasteiger partial charge in [-0.1, -0.05) is 18.2 Å². The highest BCUT2D eigenvalue weighted by molar-refractivity contribution is 7.90. The molecule has 114 valence electrons. The third-order valence-corrected chi connectivity index (χ3v) is 4.21. The number of rotatable bonds is 5. The number of benzene rings is 1. The normalized spacial score (nSPS) is 17.8. The van der Waals surface area contributed by atoms with Gasteiger partial charge in [0.1, 0.15) is 9.84 Å². The molecule has 21 heavy (non-hydrogen) atoms. The van der Waals surface area contributed by atoms with Crippen LogP contribution in [-0.2, 0) is 25.8 Å². The molecular formula is C14H17NO5S. The molecule has 1 amide bonds. The molecule has 6 nitrogen and oxygen atoms in total. The van der Waals surface area contributed by atoms with Crippen LogP contribution in [0.1, 0.15) is 22.3 Å². The van der Waals surface area contributed by atoms with E-state index >= 15 is 0 Å². The van der Waals surface area contributed by atoms with E-state index in [1.165, 1.54) is 0 Å². The van der Waals surface area contributed by atoms with E-state index in [4.69, 9.17) is 4.74 Å². The zero-order chi connectivity index (χ0) is 15.5. The molecule has 0 spiro atoms. The summed E-state index contributed by atoms with van der Waals surface area (Å²) in [6.45, 7) is 0.238. The van der Waals surface area contributed by atoms with Crippen LogP contribution in [0.3, 0.4) is 0 Å². The molecule has 0 radical (unpaired) electrons. The third kappa shape index (κ3) is 4.29. The van der Waals surface area contributed by atoms with E-state index in [9.17, 15) is 18.0 Å². The lowest BCUT2D eigenvalue weighted by atomic mass is 9.98. The van der Waals surface area contributed by atoms with Crippen molar-refractivity contribution in [2.75, 3.05) is 18.6 Å². The predicted molar refractivity (Wildman–Crippen MR) is 76.7 cm³/mol. The summed E-state index contributed by atoms with van der Waals surface area (Å²) in [6, 6.07) is 7.00. The molecular weight excluding hydrogens is 294 g/mol. The number of fused-ring (bicyclic) bond motifs is 1. The number of carbonyl (C=O) groups is 2. The Morgan fingerprint density at radius 1 is 1.38 bits per heavy atom. The Labute approximate surface area is 123 Å². The summed E-state index contributed by atoms with van der Waals surface area (Å²) in [5, 5.41) is 2.60. The summed E-state index contributed by atoms with van der Waals surface area (Å²) < 4.78 is 27.1. The number of nitrogens with one attached hydrogen (secondary N) is 1. The molecule has 1 atom stereocenters. The molecule has 1 aromatic rings. The topological polar surface area (TPSA) is 89.5 Å². The van der Waals surface area contributed by atoms with E-state index in [2.05, 4.69) is 5.32 Å². The number of carbonyl (C=O) groups excluding carboxylic acids is 2. The van der Waals surface area contributed by atoms with Gasteiger partial charge >= 0.3 is 5.97 Å². The largest absolute Gasteiger partial charge is 0.448 e. The molecule has 1 heterocycles. The quantitative estimate of drug-likeness (QED) is 0.625. The van der Waals surface area contributed by atoms with Crippen molar-refractivity contribution in [1.82, 2.24) is 5.32 Å². The Balaban J connectivity index is 1.89. The van der Waals surface area contributed by atoms with Gasteiger partial charge in [-0.25, -0.2) is 13.2 Å². The van der Waals surface area contributed by atoms with Crippen LogP contribution in [0.25, 0.3) is 0 Å². The smallest absolute Gasteiger partial charge is 0.339 e. The van der Waals surface area contributed by atoms with E-state index in [1.807, 2.05) is 0 Å². The van der Waals surface area contributed by atoms with Crippen LogP contribution in [0.2, 0.25) is 0 Å². The van der Waals surface area contributed by atoms with Crippen molar-refractivity contribution >= 4 is 21.7 Å². The number of ether oxygens (including phenoxy) is 1. The molecule has 0 aliphatic carbocycles. The second-order valence-electron chi connectivity index (χ2n) is 5.03. The molecule has 0 unspecified atom stereocenters. The molecule has 0 saturated carbocycles. The Kier molecular flexibility index (Phi) is 4.62. The summed E-state index contributed by atoms with van der Waals surface area (Å²) in [4.78, 5) is 23.7. The van der Waals surface area contributed by atoms with Crippen LogP contribution >= 0.6 is 0 Å². The summed E-state index contributed by atoms with van der Waals surface area (Å²) >= 11 is 0. The highest BCUT2D eigenvalue weighted by Crippen LogP contribution is 2.20. The van der Waals surface area contributed by atoms with Gasteiger partial charge in [0, 0.05) is 19.2 Å². The molecule has 7 heteroatoms. The monoisotopic (exact) mass is 311 g/mol. The molecule has 2 rings (SSSR count). The minimum atomic E-state index is -3.03. The Bertz CT molecular complexity index is 653. The van der Waals surface area contributed by atoms with Crippen LogP contribution < -0.4 is 5.32 Å². The maximum absolute atomic E-state index is 11.9. The molecule has 0 fully saturated rings. The fraction of sp³-hybridized carbons (Fsp3) is 0.429. The molecule has 0 aromatic heterocycles. The highest BCUT2D eigenvalue weighted by atomic mass is 32.2. The Morgan fingerprint density at radius 3 is 2.81 bits per heavy atom. The number of cyclic esters (lactones) is 1. The summed E-state index contributed by atoms with van der Waals surface area (Å²) in [5.74, 6) is -0.889. The van der Waals surface area contributed by atoms with Gasteiger partial charge in [-0.3, -0.25) is 4.79 Å². The van der Waals surface area contributed by atoms with Crippen LogP contribution in [0.5, 0.6) is 0 Å². The van der Waals surface area contributed by atoms with Crippen molar-refractivity contribution in [1.29, 1.82) is 0 Å². The van der Waals surface area contributed by atoms with Gasteiger partial charge in [-0.2, -0.15) is 0 Å². The first-order valence-corrected chi connectivity index (χ1v) is 8.67. The molecule has 1 N–H and O–H groups in total. The van der Waals surface area contributed by atoms with Crippen LogP contribution in [-0.4, -0.2) is 45.0 Å². The molecule has 0 saturated heterocycles. The standard InChI is InChI=1S/C14H17NO5S/c1-21(18,19)8-4-7-15-13(16)12-9-10-5-2-3-6-11(10)14(17)20-12/h2-3,5-6,12H,4,7-9H2,1H3,(H,15,16)/t12-/m0/s1. The van der Waals surface area contributed by atoms with Crippen molar-refractivity contribution in [3.8, 4) is 0 Å². The summed E-state index contributed by atoms with van der Waals surface area (Å²) in [5.41, 5.74) is 1.27. The third-order valence-electron chi connectivity index (χ3n) is 3.18. The SMILES string of the molecule is CS(=O)(=O)CCCNC(=O)[C@@H]1Cc2ccccc2C(=O)O1. The maximum Gasteiger partial charge on any atom is 0.339 e. The van der Waals surface area contributed by atoms with Gasteiger partial charge in [0.25, 0.3) is 5.91 Å². The maximum atomic E-state index is 11.9. The van der Waals surface area contributed by atoms with Gasteiger partial charge < -0.3 is 10.1 Å². The zero-order valence-electron chi connectivity index (χ0n) is 11.7. The van der Waals surface area contributed by atoms with Crippen molar-refractivity contribution in [2.45, 2.75) is 18.9 Å². The van der Waals surface area contributed by atoms with Crippen molar-refractivity contribution < 1.29 is 22.7 Å². The van der Waals surface area contributed by atoms with Crippen LogP contribution in [0.4, 0.5) is 0 Å². The Morgan fingerprint density at radius 2 is 2.10 bits per heavy atom. The van der Waals surface area contributed by atoms with Gasteiger partial charge in [0.2, 0.25) is 0 Å². The van der Waals surface area contributed by atoms with Gasteiger partial charge in [0.05, 0.1) is 11.3 Å². The number of sulfone groups is 1. The van der Waals surface area contributed by atoms with E-state index in [0.29, 0.717) is 18.4 Å². The lowest BCUT2D eigenvalue weighted by Crippen LogP contribution is -2.42. The number of hydrogen-bond acceptors (Lipinski definition) is 5. The summed E-state index contributed by atoms with van der Waals surface area (Å²) in [7, 11) is -3.03. The van der Waals surface area contributed by atoms with Crippen molar-refractivity contribution in [3.05, 3.63) is 35.4 Å². The van der Waals surface area contributed by atoms with Crippen LogP contribution in [0.15, 0.2) is 24.3 Å². The summed E-state index contributed by atoms with van der Waals surface area (Å²) in [6.07, 6.45) is 0.960. The minimum absolute atomic E-state index is 0.0145. The lowest BCUT2D eigenvalue weighted by Gasteiger charge is -2.23. The van der Waals surface area contributed by atoms with E-state index in [0.717, 1.165) is 11.8 Å². The second kappa shape index (κ2) is 6.26. The van der Waals surface area contributed by atoms with Crippen molar-refractivity contribution in [3.63, 3.8) is 0 Å². The van der Waals surface area contributed by atoms with E-state index in [1.54, 1.807) is 24.3 Å². The van der Waals surface area contributed by atoms with Crippen LogP contribution in [0, 0.1) is 0 Å². The Hall–Kier alpha value is -1.89. The van der Waals surface area contributed by atoms with E-state index < -0.39 is 27.8 Å². The van der Waals surface area contributed by atoms with Crippen molar-refractivity contribution in [2.24, 2.45) is 0 Å². The average Bonchev–Trinajstić information content (AvgIpc) is 2.42. The lowest BCUT2D eigenvalue weighted by molar-refractivity contribution is -0.130. The predicted octanol–water partition coefficient (Wildman–Crippen LogP) is 0.319. The number of esters is 1. The fourth-order valence-electron chi connectivity index (χ4n) is 2.14. The van der Waals surface area contributed by atoms with Gasteiger partial charge in [-0.15, -0.1) is 0 Å². The first-order valence-electron chi connectivity index (χ1n) is 6.61. The first-order chi connectivity index (χ1) is 9.87. The zero-order valence-corrected chi connectivity index (χ0v) is 12.5. The average molecular weight is 311 g/mol. The number of hydrogen-bond donors (Lipinski definition) is 1. The van der Waals surface area contributed by atoms with Gasteiger partial charge in [-0.05, 0) is 18.1 Å².